The maximum Gasteiger partial charge on any atom is 0.149 e. The van der Waals surface area contributed by atoms with Gasteiger partial charge in [0.15, 0.2) is 0 Å². The van der Waals surface area contributed by atoms with Gasteiger partial charge >= 0.3 is 0 Å². The third kappa shape index (κ3) is 2.61. The summed E-state index contributed by atoms with van der Waals surface area (Å²) < 4.78 is 19.0. The second kappa shape index (κ2) is 5.12. The molecule has 1 N–H and O–H groups in total. The monoisotopic (exact) mass is 221 g/mol. The first kappa shape index (κ1) is 11.1. The molecule has 1 heterocycles. The summed E-state index contributed by atoms with van der Waals surface area (Å²) in [5, 5.41) is 3.10. The van der Waals surface area contributed by atoms with E-state index in [9.17, 15) is 4.39 Å². The Bertz CT molecular complexity index is 401. The molecule has 86 valence electrons. The number of ether oxygens (including phenoxy) is 1. The van der Waals surface area contributed by atoms with Gasteiger partial charge < -0.3 is 10.1 Å². The molecule has 0 bridgehead atoms. The average molecular weight is 221 g/mol. The molecule has 2 nitrogen and oxygen atoms in total. The summed E-state index contributed by atoms with van der Waals surface area (Å²) in [6, 6.07) is 5.38. The van der Waals surface area contributed by atoms with Gasteiger partial charge in [0.05, 0.1) is 18.9 Å². The molecule has 0 radical (unpaired) electrons. The van der Waals surface area contributed by atoms with Crippen LogP contribution >= 0.6 is 0 Å². The number of halogens is 1. The van der Waals surface area contributed by atoms with Crippen molar-refractivity contribution in [2.24, 2.45) is 0 Å². The van der Waals surface area contributed by atoms with Crippen molar-refractivity contribution >= 4 is 5.69 Å². The zero-order chi connectivity index (χ0) is 11.4. The maximum atomic E-state index is 13.6. The highest BCUT2D eigenvalue weighted by Gasteiger charge is 2.06. The second-order valence-corrected chi connectivity index (χ2v) is 3.99. The van der Waals surface area contributed by atoms with Crippen molar-refractivity contribution in [1.29, 1.82) is 0 Å². The van der Waals surface area contributed by atoms with Gasteiger partial charge in [-0.3, -0.25) is 0 Å². The summed E-state index contributed by atoms with van der Waals surface area (Å²) in [7, 11) is 0. The Kier molecular flexibility index (Phi) is 3.57. The topological polar surface area (TPSA) is 21.3 Å². The molecule has 0 spiro atoms. The molecule has 0 saturated carbocycles. The highest BCUT2D eigenvalue weighted by atomic mass is 19.1. The van der Waals surface area contributed by atoms with Crippen molar-refractivity contribution < 1.29 is 9.13 Å². The Morgan fingerprint density at radius 2 is 2.31 bits per heavy atom. The number of hydrogen-bond donors (Lipinski definition) is 1. The third-order valence-corrected chi connectivity index (χ3v) is 2.68. The summed E-state index contributed by atoms with van der Waals surface area (Å²) in [6.45, 7) is 3.87. The molecule has 1 aliphatic heterocycles. The SMILES string of the molecule is Cc1cccc(NCC2=CCCOC2)c1F. The Morgan fingerprint density at radius 1 is 1.44 bits per heavy atom. The Morgan fingerprint density at radius 3 is 3.06 bits per heavy atom. The molecule has 0 aromatic heterocycles. The molecule has 1 aliphatic rings. The molecule has 0 saturated heterocycles. The van der Waals surface area contributed by atoms with E-state index in [-0.39, 0.29) is 5.82 Å². The van der Waals surface area contributed by atoms with E-state index < -0.39 is 0 Å². The smallest absolute Gasteiger partial charge is 0.149 e. The van der Waals surface area contributed by atoms with Crippen molar-refractivity contribution in [2.45, 2.75) is 13.3 Å². The molecule has 16 heavy (non-hydrogen) atoms. The van der Waals surface area contributed by atoms with E-state index in [0.29, 0.717) is 24.4 Å². The number of nitrogens with one attached hydrogen (secondary N) is 1. The lowest BCUT2D eigenvalue weighted by atomic mass is 10.1. The van der Waals surface area contributed by atoms with Crippen molar-refractivity contribution in [2.75, 3.05) is 25.1 Å². The van der Waals surface area contributed by atoms with Crippen LogP contribution in [0.25, 0.3) is 0 Å². The van der Waals surface area contributed by atoms with Crippen molar-refractivity contribution in [3.63, 3.8) is 0 Å². The van der Waals surface area contributed by atoms with Gasteiger partial charge in [-0.2, -0.15) is 0 Å². The minimum Gasteiger partial charge on any atom is -0.379 e. The van der Waals surface area contributed by atoms with Gasteiger partial charge in [-0.15, -0.1) is 0 Å². The normalized spacial score (nSPS) is 15.8. The van der Waals surface area contributed by atoms with Crippen molar-refractivity contribution in [1.82, 2.24) is 0 Å². The lowest BCUT2D eigenvalue weighted by Crippen LogP contribution is -2.14. The molecular weight excluding hydrogens is 205 g/mol. The van der Waals surface area contributed by atoms with E-state index >= 15 is 0 Å². The highest BCUT2D eigenvalue weighted by molar-refractivity contribution is 5.48. The van der Waals surface area contributed by atoms with Crippen LogP contribution in [0.2, 0.25) is 0 Å². The van der Waals surface area contributed by atoms with E-state index in [1.807, 2.05) is 6.07 Å². The Labute approximate surface area is 95.1 Å². The summed E-state index contributed by atoms with van der Waals surface area (Å²) in [4.78, 5) is 0. The zero-order valence-electron chi connectivity index (χ0n) is 9.42. The predicted molar refractivity (Wildman–Crippen MR) is 63.1 cm³/mol. The molecule has 1 aromatic rings. The average Bonchev–Trinajstić information content (AvgIpc) is 2.32. The number of hydrogen-bond acceptors (Lipinski definition) is 2. The van der Waals surface area contributed by atoms with Crippen molar-refractivity contribution in [3.05, 3.63) is 41.2 Å². The molecule has 0 fully saturated rings. The first-order valence-electron chi connectivity index (χ1n) is 5.52. The number of benzene rings is 1. The summed E-state index contributed by atoms with van der Waals surface area (Å²) in [5.74, 6) is -0.167. The molecule has 0 aliphatic carbocycles. The van der Waals surface area contributed by atoms with Gasteiger partial charge in [0.1, 0.15) is 5.82 Å². The van der Waals surface area contributed by atoms with Crippen LogP contribution < -0.4 is 5.32 Å². The Balaban J connectivity index is 1.99. The van der Waals surface area contributed by atoms with Crippen LogP contribution in [0.3, 0.4) is 0 Å². The number of anilines is 1. The number of rotatable bonds is 3. The van der Waals surface area contributed by atoms with Gasteiger partial charge in [-0.25, -0.2) is 4.39 Å². The highest BCUT2D eigenvalue weighted by Crippen LogP contribution is 2.17. The lowest BCUT2D eigenvalue weighted by Gasteiger charge is -2.15. The molecule has 0 unspecified atom stereocenters. The van der Waals surface area contributed by atoms with Crippen LogP contribution in [0.4, 0.5) is 10.1 Å². The van der Waals surface area contributed by atoms with E-state index in [1.165, 1.54) is 5.57 Å². The summed E-state index contributed by atoms with van der Waals surface area (Å²) in [6.07, 6.45) is 3.11. The molecule has 3 heteroatoms. The van der Waals surface area contributed by atoms with Crippen LogP contribution in [0, 0.1) is 12.7 Å². The maximum absolute atomic E-state index is 13.6. The lowest BCUT2D eigenvalue weighted by molar-refractivity contribution is 0.150. The molecule has 0 amide bonds. The van der Waals surface area contributed by atoms with E-state index in [4.69, 9.17) is 4.74 Å². The third-order valence-electron chi connectivity index (χ3n) is 2.68. The fourth-order valence-electron chi connectivity index (χ4n) is 1.72. The summed E-state index contributed by atoms with van der Waals surface area (Å²) >= 11 is 0. The van der Waals surface area contributed by atoms with E-state index in [1.54, 1.807) is 19.1 Å². The quantitative estimate of drug-likeness (QED) is 0.792. The van der Waals surface area contributed by atoms with Gasteiger partial charge in [0.25, 0.3) is 0 Å². The van der Waals surface area contributed by atoms with Gasteiger partial charge in [0, 0.05) is 6.54 Å². The molecular formula is C13H16FNO. The van der Waals surface area contributed by atoms with Crippen LogP contribution in [0.5, 0.6) is 0 Å². The van der Waals surface area contributed by atoms with Gasteiger partial charge in [0.2, 0.25) is 0 Å². The van der Waals surface area contributed by atoms with Gasteiger partial charge in [-0.1, -0.05) is 18.2 Å². The fourth-order valence-corrected chi connectivity index (χ4v) is 1.72. The van der Waals surface area contributed by atoms with Crippen LogP contribution in [0.1, 0.15) is 12.0 Å². The molecule has 1 aromatic carbocycles. The van der Waals surface area contributed by atoms with E-state index in [2.05, 4.69) is 11.4 Å². The molecule has 0 atom stereocenters. The van der Waals surface area contributed by atoms with Gasteiger partial charge in [-0.05, 0) is 30.5 Å². The largest absolute Gasteiger partial charge is 0.379 e. The fraction of sp³-hybridized carbons (Fsp3) is 0.385. The van der Waals surface area contributed by atoms with E-state index in [0.717, 1.165) is 13.0 Å². The number of aryl methyl sites for hydroxylation is 1. The predicted octanol–water partition coefficient (Wildman–Crippen LogP) is 2.89. The van der Waals surface area contributed by atoms with Crippen LogP contribution in [-0.2, 0) is 4.74 Å². The minimum atomic E-state index is -0.167. The summed E-state index contributed by atoms with van der Waals surface area (Å²) in [5.41, 5.74) is 2.41. The van der Waals surface area contributed by atoms with Crippen LogP contribution in [0.15, 0.2) is 29.8 Å². The second-order valence-electron chi connectivity index (χ2n) is 3.99. The zero-order valence-corrected chi connectivity index (χ0v) is 9.42. The Hall–Kier alpha value is -1.35. The molecule has 2 rings (SSSR count). The first-order valence-corrected chi connectivity index (χ1v) is 5.52. The minimum absolute atomic E-state index is 0.167. The van der Waals surface area contributed by atoms with Crippen LogP contribution in [-0.4, -0.2) is 19.8 Å². The van der Waals surface area contributed by atoms with Crippen molar-refractivity contribution in [3.8, 4) is 0 Å². The first-order chi connectivity index (χ1) is 7.77. The standard InChI is InChI=1S/C13H16FNO/c1-10-4-2-6-12(13(10)14)15-8-11-5-3-7-16-9-11/h2,4-6,15H,3,7-9H2,1H3.